The van der Waals surface area contributed by atoms with Gasteiger partial charge in [-0.3, -0.25) is 5.10 Å². The van der Waals surface area contributed by atoms with E-state index in [0.29, 0.717) is 5.82 Å². The first kappa shape index (κ1) is 18.5. The molecule has 6 rings (SSSR count). The predicted octanol–water partition coefficient (Wildman–Crippen LogP) is 5.88. The number of thiazole rings is 1. The Morgan fingerprint density at radius 2 is 1.75 bits per heavy atom. The molecule has 7 nitrogen and oxygen atoms in total. The molecule has 6 aromatic rings. The highest BCUT2D eigenvalue weighted by atomic mass is 32.1. The second-order valence-electron chi connectivity index (χ2n) is 7.28. The van der Waals surface area contributed by atoms with Gasteiger partial charge in [-0.15, -0.1) is 11.3 Å². The third-order valence-electron chi connectivity index (χ3n) is 5.19. The molecule has 0 bridgehead atoms. The largest absolute Gasteiger partial charge is 0.353 e. The molecule has 0 amide bonds. The number of fused-ring (bicyclic) bond motifs is 1. The molecule has 3 N–H and O–H groups in total. The lowest BCUT2D eigenvalue weighted by atomic mass is 10.1. The van der Waals surface area contributed by atoms with E-state index in [9.17, 15) is 0 Å². The van der Waals surface area contributed by atoms with Gasteiger partial charge in [-0.2, -0.15) is 5.10 Å². The van der Waals surface area contributed by atoms with E-state index in [4.69, 9.17) is 4.98 Å². The molecule has 0 spiro atoms. The Morgan fingerprint density at radius 1 is 0.844 bits per heavy atom. The van der Waals surface area contributed by atoms with Crippen LogP contribution < -0.4 is 5.32 Å². The lowest BCUT2D eigenvalue weighted by molar-refractivity contribution is 1.09. The summed E-state index contributed by atoms with van der Waals surface area (Å²) >= 11 is 1.61. The molecule has 0 unspecified atom stereocenters. The number of aromatic nitrogens is 6. The molecular weight excluding hydrogens is 418 g/mol. The highest BCUT2D eigenvalue weighted by Gasteiger charge is 2.09. The minimum absolute atomic E-state index is 0.664. The van der Waals surface area contributed by atoms with Gasteiger partial charge in [0.1, 0.15) is 10.8 Å². The molecule has 0 atom stereocenters. The summed E-state index contributed by atoms with van der Waals surface area (Å²) in [4.78, 5) is 17.0. The predicted molar refractivity (Wildman–Crippen MR) is 128 cm³/mol. The second-order valence-corrected chi connectivity index (χ2v) is 8.17. The van der Waals surface area contributed by atoms with Crippen molar-refractivity contribution in [2.75, 3.05) is 5.32 Å². The number of anilines is 2. The first-order valence-electron chi connectivity index (χ1n) is 10.0. The normalized spacial score (nSPS) is 11.1. The highest BCUT2D eigenvalue weighted by Crippen LogP contribution is 2.29. The van der Waals surface area contributed by atoms with Crippen LogP contribution in [0.25, 0.3) is 44.1 Å². The number of nitrogens with zero attached hydrogens (tertiary/aromatic N) is 4. The molecule has 0 aliphatic carbocycles. The van der Waals surface area contributed by atoms with E-state index >= 15 is 0 Å². The van der Waals surface area contributed by atoms with E-state index in [1.165, 1.54) is 0 Å². The number of benzene rings is 2. The van der Waals surface area contributed by atoms with E-state index in [1.54, 1.807) is 23.7 Å². The average Bonchev–Trinajstić information content (AvgIpc) is 3.61. The molecule has 0 saturated carbocycles. The van der Waals surface area contributed by atoms with Crippen molar-refractivity contribution in [3.63, 3.8) is 0 Å². The smallest absolute Gasteiger partial charge is 0.161 e. The van der Waals surface area contributed by atoms with Crippen LogP contribution in [0.3, 0.4) is 0 Å². The van der Waals surface area contributed by atoms with Gasteiger partial charge in [0.25, 0.3) is 0 Å². The van der Waals surface area contributed by atoms with Crippen molar-refractivity contribution in [3.05, 3.63) is 84.8 Å². The standard InChI is InChI=1S/C24H17N7S/c1-2-17(12-20-16(1)11-21(30-20)24-26-9-10-32-24)23-25-8-7-22(31-23)29-19-5-3-15(4-6-19)18-13-27-28-14-18/h1-14,30H,(H,27,28)(H,25,29,31). The van der Waals surface area contributed by atoms with Crippen molar-refractivity contribution in [3.8, 4) is 33.2 Å². The van der Waals surface area contributed by atoms with Crippen LogP contribution in [0.2, 0.25) is 0 Å². The van der Waals surface area contributed by atoms with Crippen LogP contribution in [0.5, 0.6) is 0 Å². The molecule has 0 radical (unpaired) electrons. The summed E-state index contributed by atoms with van der Waals surface area (Å²) in [6.07, 6.45) is 7.26. The summed E-state index contributed by atoms with van der Waals surface area (Å²) in [7, 11) is 0. The molecule has 0 aliphatic heterocycles. The first-order chi connectivity index (χ1) is 15.8. The minimum atomic E-state index is 0.664. The monoisotopic (exact) mass is 435 g/mol. The molecule has 4 aromatic heterocycles. The van der Waals surface area contributed by atoms with Gasteiger partial charge in [0.05, 0.1) is 11.9 Å². The number of hydrogen-bond acceptors (Lipinski definition) is 6. The topological polar surface area (TPSA) is 95.2 Å². The highest BCUT2D eigenvalue weighted by molar-refractivity contribution is 7.13. The number of H-pyrrole nitrogens is 2. The molecule has 32 heavy (non-hydrogen) atoms. The van der Waals surface area contributed by atoms with E-state index < -0.39 is 0 Å². The third-order valence-corrected chi connectivity index (χ3v) is 5.99. The van der Waals surface area contributed by atoms with Crippen molar-refractivity contribution in [2.45, 2.75) is 0 Å². The third kappa shape index (κ3) is 3.52. The summed E-state index contributed by atoms with van der Waals surface area (Å²) in [6, 6.07) is 18.3. The van der Waals surface area contributed by atoms with Crippen LogP contribution in [0.4, 0.5) is 11.5 Å². The lowest BCUT2D eigenvalue weighted by Gasteiger charge is -2.08. The van der Waals surface area contributed by atoms with E-state index in [0.717, 1.165) is 49.8 Å². The Hall–Kier alpha value is -4.30. The maximum atomic E-state index is 4.71. The van der Waals surface area contributed by atoms with Crippen LogP contribution in [0.1, 0.15) is 0 Å². The number of rotatable bonds is 5. The van der Waals surface area contributed by atoms with Gasteiger partial charge in [-0.05, 0) is 35.9 Å². The quantitative estimate of drug-likeness (QED) is 0.314. The summed E-state index contributed by atoms with van der Waals surface area (Å²) in [6.45, 7) is 0. The summed E-state index contributed by atoms with van der Waals surface area (Å²) in [5.41, 5.74) is 6.10. The van der Waals surface area contributed by atoms with E-state index in [-0.39, 0.29) is 0 Å². The van der Waals surface area contributed by atoms with Gasteiger partial charge < -0.3 is 10.3 Å². The van der Waals surface area contributed by atoms with Crippen molar-refractivity contribution in [2.24, 2.45) is 0 Å². The van der Waals surface area contributed by atoms with Crippen molar-refractivity contribution < 1.29 is 0 Å². The molecule has 4 heterocycles. The number of aromatic amines is 2. The van der Waals surface area contributed by atoms with Crippen molar-refractivity contribution in [1.29, 1.82) is 0 Å². The molecule has 154 valence electrons. The number of hydrogen-bond donors (Lipinski definition) is 3. The van der Waals surface area contributed by atoms with Gasteiger partial charge in [-0.25, -0.2) is 15.0 Å². The molecule has 0 fully saturated rings. The van der Waals surface area contributed by atoms with Crippen LogP contribution >= 0.6 is 11.3 Å². The van der Waals surface area contributed by atoms with Gasteiger partial charge >= 0.3 is 0 Å². The summed E-state index contributed by atoms with van der Waals surface area (Å²) in [5.74, 6) is 1.40. The van der Waals surface area contributed by atoms with Crippen molar-refractivity contribution in [1.82, 2.24) is 30.1 Å². The zero-order valence-corrected chi connectivity index (χ0v) is 17.6. The van der Waals surface area contributed by atoms with Crippen LogP contribution in [-0.2, 0) is 0 Å². The van der Waals surface area contributed by atoms with E-state index in [2.05, 4.69) is 60.8 Å². The fourth-order valence-electron chi connectivity index (χ4n) is 3.61. The molecule has 0 saturated heterocycles. The summed E-state index contributed by atoms with van der Waals surface area (Å²) in [5, 5.41) is 14.3. The lowest BCUT2D eigenvalue weighted by Crippen LogP contribution is -1.96. The Labute approximate surface area is 187 Å². The molecule has 0 aliphatic rings. The van der Waals surface area contributed by atoms with Gasteiger partial charge in [0, 0.05) is 51.7 Å². The van der Waals surface area contributed by atoms with Crippen molar-refractivity contribution >= 4 is 33.7 Å². The summed E-state index contributed by atoms with van der Waals surface area (Å²) < 4.78 is 0. The molecular formula is C24H17N7S. The Morgan fingerprint density at radius 3 is 2.56 bits per heavy atom. The van der Waals surface area contributed by atoms with Gasteiger partial charge in [0.15, 0.2) is 5.82 Å². The molecule has 8 heteroatoms. The van der Waals surface area contributed by atoms with E-state index in [1.807, 2.05) is 42.0 Å². The SMILES string of the molecule is c1cc(Nc2ccc(-c3cn[nH]c3)cc2)nc(-c2ccc3cc(-c4nccs4)[nH]c3c2)n1. The van der Waals surface area contributed by atoms with Crippen LogP contribution in [0.15, 0.2) is 84.8 Å². The van der Waals surface area contributed by atoms with Crippen LogP contribution in [0, 0.1) is 0 Å². The molecule has 2 aromatic carbocycles. The Kier molecular flexibility index (Phi) is 4.47. The average molecular weight is 436 g/mol. The van der Waals surface area contributed by atoms with Gasteiger partial charge in [0.2, 0.25) is 0 Å². The zero-order valence-electron chi connectivity index (χ0n) is 16.8. The number of nitrogens with one attached hydrogen (secondary N) is 3. The fraction of sp³-hybridized carbons (Fsp3) is 0. The maximum Gasteiger partial charge on any atom is 0.161 e. The Balaban J connectivity index is 1.26. The first-order valence-corrected chi connectivity index (χ1v) is 10.9. The fourth-order valence-corrected chi connectivity index (χ4v) is 4.22. The zero-order chi connectivity index (χ0) is 21.3. The van der Waals surface area contributed by atoms with Crippen LogP contribution in [-0.4, -0.2) is 30.1 Å². The Bertz CT molecular complexity index is 1480. The maximum absolute atomic E-state index is 4.71. The second kappa shape index (κ2) is 7.75. The minimum Gasteiger partial charge on any atom is -0.353 e. The van der Waals surface area contributed by atoms with Gasteiger partial charge in [-0.1, -0.05) is 24.3 Å².